The van der Waals surface area contributed by atoms with Crippen molar-refractivity contribution in [3.05, 3.63) is 23.9 Å². The molecular formula is C13H21N3O3S. The molecule has 1 aliphatic rings. The number of aromatic nitrogens is 1. The van der Waals surface area contributed by atoms with Gasteiger partial charge in [-0.1, -0.05) is 6.07 Å². The molecule has 112 valence electrons. The lowest BCUT2D eigenvalue weighted by Crippen LogP contribution is -2.33. The molecule has 1 aliphatic heterocycles. The van der Waals surface area contributed by atoms with Gasteiger partial charge in [-0.25, -0.2) is 13.4 Å². The average molecular weight is 299 g/mol. The number of hydrogen-bond acceptors (Lipinski definition) is 5. The second-order valence-corrected chi connectivity index (χ2v) is 7.36. The molecule has 1 atom stereocenters. The van der Waals surface area contributed by atoms with Crippen molar-refractivity contribution in [1.29, 1.82) is 0 Å². The smallest absolute Gasteiger partial charge is 0.260 e. The van der Waals surface area contributed by atoms with Crippen LogP contribution in [0.2, 0.25) is 0 Å². The fourth-order valence-electron chi connectivity index (χ4n) is 2.45. The molecule has 0 spiro atoms. The van der Waals surface area contributed by atoms with E-state index in [1.165, 1.54) is 16.6 Å². The van der Waals surface area contributed by atoms with Crippen molar-refractivity contribution in [2.75, 3.05) is 33.7 Å². The van der Waals surface area contributed by atoms with E-state index in [-0.39, 0.29) is 11.6 Å². The lowest BCUT2D eigenvalue weighted by Gasteiger charge is -2.20. The molecule has 0 amide bonds. The summed E-state index contributed by atoms with van der Waals surface area (Å²) in [5.41, 5.74) is 0.601. The van der Waals surface area contributed by atoms with Crippen LogP contribution in [0.15, 0.2) is 23.4 Å². The Balaban J connectivity index is 2.08. The summed E-state index contributed by atoms with van der Waals surface area (Å²) in [5, 5.41) is 8.98. The summed E-state index contributed by atoms with van der Waals surface area (Å²) in [6.07, 6.45) is 2.41. The molecule has 0 saturated carbocycles. The van der Waals surface area contributed by atoms with Crippen molar-refractivity contribution in [2.24, 2.45) is 5.92 Å². The lowest BCUT2D eigenvalue weighted by atomic mass is 10.1. The van der Waals surface area contributed by atoms with Crippen molar-refractivity contribution in [1.82, 2.24) is 14.2 Å². The largest absolute Gasteiger partial charge is 0.392 e. The molecule has 2 rings (SSSR count). The number of rotatable bonds is 5. The van der Waals surface area contributed by atoms with Gasteiger partial charge in [0.15, 0.2) is 5.03 Å². The first-order valence-corrected chi connectivity index (χ1v) is 8.08. The third-order valence-corrected chi connectivity index (χ3v) is 5.40. The molecule has 1 fully saturated rings. The number of hydrogen-bond donors (Lipinski definition) is 1. The van der Waals surface area contributed by atoms with Crippen LogP contribution in [0.3, 0.4) is 0 Å². The molecule has 2 heterocycles. The van der Waals surface area contributed by atoms with Gasteiger partial charge in [0, 0.05) is 26.3 Å². The highest BCUT2D eigenvalue weighted by Gasteiger charge is 2.27. The molecule has 1 saturated heterocycles. The van der Waals surface area contributed by atoms with Crippen LogP contribution >= 0.6 is 0 Å². The van der Waals surface area contributed by atoms with Gasteiger partial charge in [-0.2, -0.15) is 4.31 Å². The minimum absolute atomic E-state index is 0.0311. The zero-order valence-electron chi connectivity index (χ0n) is 11.9. The summed E-state index contributed by atoms with van der Waals surface area (Å²) < 4.78 is 26.1. The maximum Gasteiger partial charge on any atom is 0.260 e. The quantitative estimate of drug-likeness (QED) is 0.837. The number of aliphatic hydroxyl groups is 1. The van der Waals surface area contributed by atoms with Crippen LogP contribution in [0.4, 0.5) is 0 Å². The Morgan fingerprint density at radius 2 is 2.25 bits per heavy atom. The van der Waals surface area contributed by atoms with Gasteiger partial charge in [0.1, 0.15) is 0 Å². The minimum atomic E-state index is -3.55. The Bertz CT molecular complexity index is 544. The first kappa shape index (κ1) is 15.4. The van der Waals surface area contributed by atoms with Gasteiger partial charge in [0.2, 0.25) is 0 Å². The van der Waals surface area contributed by atoms with E-state index in [4.69, 9.17) is 5.11 Å². The minimum Gasteiger partial charge on any atom is -0.392 e. The van der Waals surface area contributed by atoms with Crippen molar-refractivity contribution in [3.63, 3.8) is 0 Å². The fraction of sp³-hybridized carbons (Fsp3) is 0.615. The fourth-order valence-corrected chi connectivity index (χ4v) is 3.61. The molecular weight excluding hydrogens is 278 g/mol. The van der Waals surface area contributed by atoms with Crippen molar-refractivity contribution >= 4 is 10.0 Å². The van der Waals surface area contributed by atoms with E-state index in [1.54, 1.807) is 13.1 Å². The molecule has 0 aliphatic carbocycles. The van der Waals surface area contributed by atoms with E-state index in [1.807, 2.05) is 7.05 Å². The summed E-state index contributed by atoms with van der Waals surface area (Å²) >= 11 is 0. The third kappa shape index (κ3) is 3.35. The summed E-state index contributed by atoms with van der Waals surface area (Å²) in [4.78, 5) is 6.14. The second-order valence-electron chi connectivity index (χ2n) is 5.37. The van der Waals surface area contributed by atoms with Gasteiger partial charge in [-0.15, -0.1) is 0 Å². The van der Waals surface area contributed by atoms with Crippen LogP contribution in [-0.4, -0.2) is 61.4 Å². The van der Waals surface area contributed by atoms with Crippen LogP contribution in [-0.2, 0) is 16.6 Å². The SMILES string of the molecule is CN1CCC(CN(C)S(=O)(=O)c2ccc(CO)cn2)C1. The molecule has 0 radical (unpaired) electrons. The van der Waals surface area contributed by atoms with E-state index >= 15 is 0 Å². The van der Waals surface area contributed by atoms with Crippen LogP contribution in [0.1, 0.15) is 12.0 Å². The Labute approximate surface area is 120 Å². The van der Waals surface area contributed by atoms with Crippen LogP contribution in [0, 0.1) is 5.92 Å². The van der Waals surface area contributed by atoms with Gasteiger partial charge in [0.05, 0.1) is 6.61 Å². The monoisotopic (exact) mass is 299 g/mol. The zero-order valence-corrected chi connectivity index (χ0v) is 12.7. The molecule has 20 heavy (non-hydrogen) atoms. The Kier molecular flexibility index (Phi) is 4.74. The summed E-state index contributed by atoms with van der Waals surface area (Å²) in [5.74, 6) is 0.372. The molecule has 6 nitrogen and oxygen atoms in total. The van der Waals surface area contributed by atoms with Gasteiger partial charge in [0.25, 0.3) is 10.0 Å². The molecule has 7 heteroatoms. The highest BCUT2D eigenvalue weighted by atomic mass is 32.2. The summed E-state index contributed by atoms with van der Waals surface area (Å²) in [7, 11) is 0.0910. The maximum absolute atomic E-state index is 12.4. The number of pyridine rings is 1. The summed E-state index contributed by atoms with van der Waals surface area (Å²) in [6.45, 7) is 2.31. The molecule has 1 aromatic heterocycles. The van der Waals surface area contributed by atoms with Gasteiger partial charge >= 0.3 is 0 Å². The van der Waals surface area contributed by atoms with Gasteiger partial charge in [-0.3, -0.25) is 0 Å². The van der Waals surface area contributed by atoms with Crippen molar-refractivity contribution < 1.29 is 13.5 Å². The number of sulfonamides is 1. The standard InChI is InChI=1S/C13H21N3O3S/c1-15-6-5-12(8-15)9-16(2)20(18,19)13-4-3-11(10-17)7-14-13/h3-4,7,12,17H,5-6,8-10H2,1-2H3. The van der Waals surface area contributed by atoms with Crippen LogP contribution in [0.25, 0.3) is 0 Å². The van der Waals surface area contributed by atoms with Gasteiger partial charge < -0.3 is 10.0 Å². The predicted molar refractivity (Wildman–Crippen MR) is 75.6 cm³/mol. The van der Waals surface area contributed by atoms with E-state index < -0.39 is 10.0 Å². The molecule has 1 N–H and O–H groups in total. The Morgan fingerprint density at radius 1 is 1.50 bits per heavy atom. The summed E-state index contributed by atoms with van der Waals surface area (Å²) in [6, 6.07) is 3.02. The predicted octanol–water partition coefficient (Wildman–Crippen LogP) is 0.146. The van der Waals surface area contributed by atoms with E-state index in [0.29, 0.717) is 18.0 Å². The first-order valence-electron chi connectivity index (χ1n) is 6.64. The normalized spacial score (nSPS) is 20.7. The molecule has 1 aromatic rings. The van der Waals surface area contributed by atoms with Gasteiger partial charge in [-0.05, 0) is 37.6 Å². The number of nitrogens with zero attached hydrogens (tertiary/aromatic N) is 3. The highest BCUT2D eigenvalue weighted by molar-refractivity contribution is 7.89. The van der Waals surface area contributed by atoms with Crippen molar-refractivity contribution in [2.45, 2.75) is 18.1 Å². The topological polar surface area (TPSA) is 73.7 Å². The Hall–Kier alpha value is -1.02. The highest BCUT2D eigenvalue weighted by Crippen LogP contribution is 2.19. The van der Waals surface area contributed by atoms with E-state index in [2.05, 4.69) is 9.88 Å². The van der Waals surface area contributed by atoms with Crippen molar-refractivity contribution in [3.8, 4) is 0 Å². The van der Waals surface area contributed by atoms with E-state index in [9.17, 15) is 8.42 Å². The molecule has 1 unspecified atom stereocenters. The third-order valence-electron chi connectivity index (χ3n) is 3.66. The second kappa shape index (κ2) is 6.17. The first-order chi connectivity index (χ1) is 9.43. The van der Waals surface area contributed by atoms with Crippen LogP contribution in [0.5, 0.6) is 0 Å². The maximum atomic E-state index is 12.4. The average Bonchev–Trinajstić information content (AvgIpc) is 2.84. The molecule has 0 bridgehead atoms. The molecule has 0 aromatic carbocycles. The lowest BCUT2D eigenvalue weighted by molar-refractivity contribution is 0.281. The number of aliphatic hydroxyl groups excluding tert-OH is 1. The zero-order chi connectivity index (χ0) is 14.8. The van der Waals surface area contributed by atoms with E-state index in [0.717, 1.165) is 19.5 Å². The Morgan fingerprint density at radius 3 is 2.75 bits per heavy atom. The number of likely N-dealkylation sites (tertiary alicyclic amines) is 1. The van der Waals surface area contributed by atoms with Crippen LogP contribution < -0.4 is 0 Å².